The van der Waals surface area contributed by atoms with E-state index in [1.54, 1.807) is 13.1 Å². The molecule has 1 aromatic carbocycles. The number of hydrogen-bond donors (Lipinski definition) is 3. The molecule has 7 heteroatoms. The van der Waals surface area contributed by atoms with Gasteiger partial charge in [0.1, 0.15) is 0 Å². The number of benzene rings is 1. The third kappa shape index (κ3) is 5.58. The molecule has 1 atom stereocenters. The standard InChI is InChI=1S/C21H32N6O/c1-7-23-21(24-13-17-9-8-10-18(12-17)20(28)22-5)25-14(2)11-19-15(3)26-27(6)16(19)4/h8-10,12,14H,7,11,13H2,1-6H3,(H,22,28)(H2,23,24,25). The largest absolute Gasteiger partial charge is 0.357 e. The lowest BCUT2D eigenvalue weighted by molar-refractivity contribution is 0.0963. The monoisotopic (exact) mass is 384 g/mol. The second kappa shape index (κ2) is 9.92. The van der Waals surface area contributed by atoms with Crippen molar-refractivity contribution in [3.8, 4) is 0 Å². The fraction of sp³-hybridized carbons (Fsp3) is 0.476. The normalized spacial score (nSPS) is 12.6. The molecular weight excluding hydrogens is 352 g/mol. The average Bonchev–Trinajstić information content (AvgIpc) is 2.92. The van der Waals surface area contributed by atoms with Gasteiger partial charge in [-0.2, -0.15) is 5.10 Å². The van der Waals surface area contributed by atoms with E-state index in [-0.39, 0.29) is 11.9 Å². The summed E-state index contributed by atoms with van der Waals surface area (Å²) in [6.07, 6.45) is 0.877. The minimum absolute atomic E-state index is 0.0910. The molecule has 3 N–H and O–H groups in total. The molecule has 28 heavy (non-hydrogen) atoms. The molecule has 1 heterocycles. The van der Waals surface area contributed by atoms with Gasteiger partial charge in [0.25, 0.3) is 5.91 Å². The minimum Gasteiger partial charge on any atom is -0.357 e. The number of guanidine groups is 1. The number of aromatic nitrogens is 2. The van der Waals surface area contributed by atoms with E-state index in [1.807, 2.05) is 43.8 Å². The van der Waals surface area contributed by atoms with Crippen molar-refractivity contribution in [1.82, 2.24) is 25.7 Å². The van der Waals surface area contributed by atoms with Gasteiger partial charge in [-0.05, 0) is 57.4 Å². The van der Waals surface area contributed by atoms with Crippen molar-refractivity contribution in [2.45, 2.75) is 46.7 Å². The lowest BCUT2D eigenvalue weighted by Crippen LogP contribution is -2.43. The zero-order chi connectivity index (χ0) is 20.7. The summed E-state index contributed by atoms with van der Waals surface area (Å²) in [5, 5.41) is 13.9. The van der Waals surface area contributed by atoms with Crippen LogP contribution in [0.25, 0.3) is 0 Å². The number of hydrogen-bond acceptors (Lipinski definition) is 3. The summed E-state index contributed by atoms with van der Waals surface area (Å²) in [5.41, 5.74) is 5.17. The van der Waals surface area contributed by atoms with Gasteiger partial charge < -0.3 is 16.0 Å². The molecule has 0 aliphatic heterocycles. The molecule has 2 aromatic rings. The van der Waals surface area contributed by atoms with Crippen LogP contribution in [0, 0.1) is 13.8 Å². The molecule has 0 saturated heterocycles. The topological polar surface area (TPSA) is 83.3 Å². The highest BCUT2D eigenvalue weighted by Gasteiger charge is 2.14. The molecule has 2 rings (SSSR count). The Hall–Kier alpha value is -2.83. The van der Waals surface area contributed by atoms with E-state index in [9.17, 15) is 4.79 Å². The van der Waals surface area contributed by atoms with Crippen molar-refractivity contribution in [3.05, 3.63) is 52.3 Å². The predicted octanol–water partition coefficient (Wildman–Crippen LogP) is 2.08. The molecule has 0 radical (unpaired) electrons. The summed E-state index contributed by atoms with van der Waals surface area (Å²) < 4.78 is 1.93. The van der Waals surface area contributed by atoms with Crippen molar-refractivity contribution in [3.63, 3.8) is 0 Å². The molecule has 0 bridgehead atoms. The van der Waals surface area contributed by atoms with Crippen LogP contribution in [0.5, 0.6) is 0 Å². The number of nitrogens with zero attached hydrogens (tertiary/aromatic N) is 3. The lowest BCUT2D eigenvalue weighted by Gasteiger charge is -2.18. The maximum Gasteiger partial charge on any atom is 0.251 e. The van der Waals surface area contributed by atoms with Gasteiger partial charge in [-0.25, -0.2) is 4.99 Å². The maximum atomic E-state index is 11.8. The summed E-state index contributed by atoms with van der Waals surface area (Å²) in [6.45, 7) is 9.61. The van der Waals surface area contributed by atoms with Gasteiger partial charge in [0.15, 0.2) is 5.96 Å². The first kappa shape index (κ1) is 21.5. The Morgan fingerprint density at radius 2 is 2.07 bits per heavy atom. The minimum atomic E-state index is -0.0910. The van der Waals surface area contributed by atoms with Crippen LogP contribution in [-0.2, 0) is 20.0 Å². The average molecular weight is 385 g/mol. The number of rotatable bonds is 7. The third-order valence-electron chi connectivity index (χ3n) is 4.73. The van der Waals surface area contributed by atoms with Crippen molar-refractivity contribution in [2.24, 2.45) is 12.0 Å². The van der Waals surface area contributed by atoms with E-state index in [2.05, 4.69) is 39.9 Å². The fourth-order valence-corrected chi connectivity index (χ4v) is 3.15. The van der Waals surface area contributed by atoms with Gasteiger partial charge in [-0.15, -0.1) is 0 Å². The van der Waals surface area contributed by atoms with Crippen LogP contribution in [0.3, 0.4) is 0 Å². The molecule has 7 nitrogen and oxygen atoms in total. The van der Waals surface area contributed by atoms with Gasteiger partial charge in [0, 0.05) is 37.9 Å². The zero-order valence-corrected chi connectivity index (χ0v) is 17.8. The van der Waals surface area contributed by atoms with Crippen LogP contribution in [-0.4, -0.2) is 41.3 Å². The highest BCUT2D eigenvalue weighted by atomic mass is 16.1. The van der Waals surface area contributed by atoms with Crippen LogP contribution < -0.4 is 16.0 Å². The van der Waals surface area contributed by atoms with Gasteiger partial charge in [0.2, 0.25) is 0 Å². The Kier molecular flexibility index (Phi) is 7.61. The Bertz CT molecular complexity index is 839. The molecule has 0 fully saturated rings. The highest BCUT2D eigenvalue weighted by molar-refractivity contribution is 5.94. The molecule has 1 unspecified atom stereocenters. The van der Waals surface area contributed by atoms with Crippen molar-refractivity contribution in [1.29, 1.82) is 0 Å². The fourth-order valence-electron chi connectivity index (χ4n) is 3.15. The van der Waals surface area contributed by atoms with Crippen LogP contribution in [0.2, 0.25) is 0 Å². The number of amides is 1. The molecule has 1 aromatic heterocycles. The van der Waals surface area contributed by atoms with Gasteiger partial charge in [0.05, 0.1) is 12.2 Å². The highest BCUT2D eigenvalue weighted by Crippen LogP contribution is 2.14. The van der Waals surface area contributed by atoms with E-state index in [1.165, 1.54) is 11.3 Å². The van der Waals surface area contributed by atoms with Crippen LogP contribution in [0.15, 0.2) is 29.3 Å². The lowest BCUT2D eigenvalue weighted by atomic mass is 10.1. The van der Waals surface area contributed by atoms with E-state index in [4.69, 9.17) is 0 Å². The Balaban J connectivity index is 2.06. The van der Waals surface area contributed by atoms with Gasteiger partial charge in [-0.1, -0.05) is 12.1 Å². The van der Waals surface area contributed by atoms with E-state index in [0.717, 1.165) is 30.2 Å². The number of carbonyl (C=O) groups excluding carboxylic acids is 1. The number of aliphatic imine (C=N–C) groups is 1. The number of aryl methyl sites for hydroxylation is 2. The first-order chi connectivity index (χ1) is 13.3. The van der Waals surface area contributed by atoms with Gasteiger partial charge in [-0.3, -0.25) is 9.48 Å². The Labute approximate surface area is 167 Å². The predicted molar refractivity (Wildman–Crippen MR) is 114 cm³/mol. The summed E-state index contributed by atoms with van der Waals surface area (Å²) in [4.78, 5) is 16.5. The van der Waals surface area contributed by atoms with Crippen LogP contribution >= 0.6 is 0 Å². The van der Waals surface area contributed by atoms with Crippen molar-refractivity contribution >= 4 is 11.9 Å². The molecular formula is C21H32N6O. The van der Waals surface area contributed by atoms with E-state index >= 15 is 0 Å². The van der Waals surface area contributed by atoms with Crippen LogP contribution in [0.4, 0.5) is 0 Å². The number of carbonyl (C=O) groups is 1. The van der Waals surface area contributed by atoms with Crippen molar-refractivity contribution in [2.75, 3.05) is 13.6 Å². The molecule has 0 saturated carbocycles. The summed E-state index contributed by atoms with van der Waals surface area (Å²) in [6, 6.07) is 7.74. The van der Waals surface area contributed by atoms with E-state index < -0.39 is 0 Å². The Morgan fingerprint density at radius 1 is 1.32 bits per heavy atom. The maximum absolute atomic E-state index is 11.8. The quantitative estimate of drug-likeness (QED) is 0.504. The summed E-state index contributed by atoms with van der Waals surface area (Å²) in [7, 11) is 3.61. The smallest absolute Gasteiger partial charge is 0.251 e. The second-order valence-corrected chi connectivity index (χ2v) is 7.00. The van der Waals surface area contributed by atoms with Gasteiger partial charge >= 0.3 is 0 Å². The molecule has 1 amide bonds. The first-order valence-electron chi connectivity index (χ1n) is 9.70. The zero-order valence-electron chi connectivity index (χ0n) is 17.8. The molecule has 0 aliphatic rings. The summed E-state index contributed by atoms with van der Waals surface area (Å²) in [5.74, 6) is 0.672. The van der Waals surface area contributed by atoms with Crippen molar-refractivity contribution < 1.29 is 4.79 Å². The van der Waals surface area contributed by atoms with Crippen LogP contribution in [0.1, 0.15) is 46.7 Å². The van der Waals surface area contributed by atoms with E-state index in [0.29, 0.717) is 12.1 Å². The number of nitrogens with one attached hydrogen (secondary N) is 3. The first-order valence-corrected chi connectivity index (χ1v) is 9.70. The summed E-state index contributed by atoms with van der Waals surface area (Å²) >= 11 is 0. The third-order valence-corrected chi connectivity index (χ3v) is 4.73. The second-order valence-electron chi connectivity index (χ2n) is 7.00. The molecule has 0 aliphatic carbocycles. The molecule has 152 valence electrons. The molecule has 0 spiro atoms. The SMILES string of the molecule is CCNC(=NCc1cccc(C(=O)NC)c1)NC(C)Cc1c(C)nn(C)c1C. The Morgan fingerprint density at radius 3 is 2.68 bits per heavy atom.